The molecular weight excluding hydrogens is 425 g/mol. The molecule has 2 N–H and O–H groups in total. The van der Waals surface area contributed by atoms with Crippen LogP contribution in [0.2, 0.25) is 0 Å². The molecule has 0 saturated carbocycles. The molecule has 1 aliphatic heterocycles. The lowest BCUT2D eigenvalue weighted by molar-refractivity contribution is 0.474. The first-order valence-electron chi connectivity index (χ1n) is 10.3. The molecule has 8 heteroatoms. The van der Waals surface area contributed by atoms with Gasteiger partial charge in [0.2, 0.25) is 0 Å². The monoisotopic (exact) mass is 447 g/mol. The molecule has 32 heavy (non-hydrogen) atoms. The van der Waals surface area contributed by atoms with Crippen molar-refractivity contribution in [1.82, 2.24) is 20.2 Å². The van der Waals surface area contributed by atoms with Gasteiger partial charge in [0.05, 0.1) is 33.0 Å². The molecule has 1 unspecified atom stereocenters. The van der Waals surface area contributed by atoms with Gasteiger partial charge in [-0.3, -0.25) is 0 Å². The lowest BCUT2D eigenvalue weighted by atomic mass is 9.97. The minimum atomic E-state index is -0.288. The highest BCUT2D eigenvalue weighted by molar-refractivity contribution is 7.15. The van der Waals surface area contributed by atoms with Crippen molar-refractivity contribution in [2.24, 2.45) is 5.10 Å². The summed E-state index contributed by atoms with van der Waals surface area (Å²) in [5.41, 5.74) is 9.33. The third-order valence-electron chi connectivity index (χ3n) is 5.54. The number of phenolic OH excluding ortho intramolecular Hbond substituents is 1. The number of thiazole rings is 1. The predicted molar refractivity (Wildman–Crippen MR) is 124 cm³/mol. The van der Waals surface area contributed by atoms with Gasteiger partial charge in [0, 0.05) is 23.7 Å². The van der Waals surface area contributed by atoms with Crippen LogP contribution >= 0.6 is 11.3 Å². The second-order valence-corrected chi connectivity index (χ2v) is 9.17. The van der Waals surface area contributed by atoms with Crippen molar-refractivity contribution in [1.29, 1.82) is 0 Å². The van der Waals surface area contributed by atoms with Crippen LogP contribution in [0, 0.1) is 26.6 Å². The van der Waals surface area contributed by atoms with Crippen molar-refractivity contribution in [3.63, 3.8) is 0 Å². The first kappa shape index (κ1) is 20.4. The van der Waals surface area contributed by atoms with Crippen molar-refractivity contribution < 1.29 is 9.50 Å². The maximum atomic E-state index is 13.4. The lowest BCUT2D eigenvalue weighted by Gasteiger charge is -2.10. The van der Waals surface area contributed by atoms with Gasteiger partial charge in [-0.25, -0.2) is 14.1 Å². The van der Waals surface area contributed by atoms with Gasteiger partial charge in [0.25, 0.3) is 0 Å². The van der Waals surface area contributed by atoms with Crippen molar-refractivity contribution in [3.8, 4) is 22.0 Å². The highest BCUT2D eigenvalue weighted by Gasteiger charge is 2.29. The predicted octanol–water partition coefficient (Wildman–Crippen LogP) is 5.20. The Hall–Kier alpha value is -3.52. The summed E-state index contributed by atoms with van der Waals surface area (Å²) in [4.78, 5) is 5.58. The number of aromatic nitrogens is 3. The summed E-state index contributed by atoms with van der Waals surface area (Å²) in [5.74, 6) is -0.0725. The quantitative estimate of drug-likeness (QED) is 0.451. The van der Waals surface area contributed by atoms with Gasteiger partial charge in [-0.15, -0.1) is 11.3 Å². The molecule has 0 spiro atoms. The third kappa shape index (κ3) is 3.67. The van der Waals surface area contributed by atoms with Crippen molar-refractivity contribution in [2.45, 2.75) is 33.2 Å². The normalized spacial score (nSPS) is 15.6. The molecule has 3 heterocycles. The highest BCUT2D eigenvalue weighted by atomic mass is 32.1. The minimum absolute atomic E-state index is 0.115. The van der Waals surface area contributed by atoms with Crippen LogP contribution in [0.1, 0.15) is 39.9 Å². The Morgan fingerprint density at radius 1 is 1.12 bits per heavy atom. The lowest BCUT2D eigenvalue weighted by Crippen LogP contribution is -2.10. The van der Waals surface area contributed by atoms with Gasteiger partial charge in [0.15, 0.2) is 0 Å². The van der Waals surface area contributed by atoms with Gasteiger partial charge in [-0.2, -0.15) is 10.2 Å². The summed E-state index contributed by atoms with van der Waals surface area (Å²) in [7, 11) is 0. The van der Waals surface area contributed by atoms with Gasteiger partial charge in [-0.1, -0.05) is 11.6 Å². The molecule has 0 saturated heterocycles. The van der Waals surface area contributed by atoms with Crippen molar-refractivity contribution in [2.75, 3.05) is 0 Å². The Bertz CT molecular complexity index is 1340. The van der Waals surface area contributed by atoms with Gasteiger partial charge < -0.3 is 10.5 Å². The van der Waals surface area contributed by atoms with E-state index in [0.29, 0.717) is 6.42 Å². The average Bonchev–Trinajstić information content (AvgIpc) is 3.48. The molecule has 0 fully saturated rings. The maximum Gasteiger partial charge on any atom is 0.124 e. The second-order valence-electron chi connectivity index (χ2n) is 7.97. The van der Waals surface area contributed by atoms with Gasteiger partial charge >= 0.3 is 0 Å². The van der Waals surface area contributed by atoms with E-state index in [2.05, 4.69) is 15.5 Å². The first-order chi connectivity index (χ1) is 15.4. The second kappa shape index (κ2) is 7.87. The van der Waals surface area contributed by atoms with E-state index in [-0.39, 0.29) is 17.6 Å². The van der Waals surface area contributed by atoms with Crippen LogP contribution < -0.4 is 5.43 Å². The van der Waals surface area contributed by atoms with Gasteiger partial charge in [-0.05, 0) is 57.2 Å². The molecule has 6 nitrogen and oxygen atoms in total. The number of halogens is 1. The van der Waals surface area contributed by atoms with Crippen LogP contribution in [-0.4, -0.2) is 25.6 Å². The fourth-order valence-corrected chi connectivity index (χ4v) is 4.89. The summed E-state index contributed by atoms with van der Waals surface area (Å²) in [6.07, 6.45) is 2.57. The number of aryl methyl sites for hydroxylation is 3. The molecule has 5 rings (SSSR count). The van der Waals surface area contributed by atoms with E-state index in [4.69, 9.17) is 5.10 Å². The first-order valence-corrected chi connectivity index (χ1v) is 11.1. The molecule has 4 aromatic rings. The van der Waals surface area contributed by atoms with E-state index >= 15 is 0 Å². The molecule has 2 aromatic carbocycles. The molecule has 0 aliphatic carbocycles. The molecule has 0 bridgehead atoms. The van der Waals surface area contributed by atoms with E-state index < -0.39 is 0 Å². The Kier molecular flexibility index (Phi) is 5.01. The number of phenols is 1. The molecule has 1 aliphatic rings. The Balaban J connectivity index is 1.55. The number of aromatic hydroxyl groups is 1. The molecule has 2 aromatic heterocycles. The Morgan fingerprint density at radius 2 is 1.91 bits per heavy atom. The van der Waals surface area contributed by atoms with E-state index in [1.165, 1.54) is 12.1 Å². The fraction of sp³-hybridized carbons (Fsp3) is 0.208. The van der Waals surface area contributed by atoms with Crippen LogP contribution in [-0.2, 0) is 0 Å². The third-order valence-corrected chi connectivity index (χ3v) is 6.62. The number of rotatable bonds is 4. The zero-order valence-corrected chi connectivity index (χ0v) is 18.7. The van der Waals surface area contributed by atoms with Crippen LogP contribution in [0.4, 0.5) is 4.39 Å². The van der Waals surface area contributed by atoms with E-state index in [0.717, 1.165) is 49.4 Å². The molecular formula is C24H22FN5OS. The van der Waals surface area contributed by atoms with Crippen LogP contribution in [0.5, 0.6) is 5.75 Å². The zero-order chi connectivity index (χ0) is 22.4. The molecule has 0 amide bonds. The van der Waals surface area contributed by atoms with E-state index in [1.807, 2.05) is 39.1 Å². The SMILES string of the molecule is Cc1ccc(O)c(C2=NNC(c3cn(-c4ccc(F)cc4)nc3-c3sc(C)nc3C)C2)c1. The summed E-state index contributed by atoms with van der Waals surface area (Å²) >= 11 is 1.60. The summed E-state index contributed by atoms with van der Waals surface area (Å²) in [5, 5.41) is 20.7. The van der Waals surface area contributed by atoms with Gasteiger partial charge in [0.1, 0.15) is 17.3 Å². The van der Waals surface area contributed by atoms with Crippen LogP contribution in [0.15, 0.2) is 53.8 Å². The van der Waals surface area contributed by atoms with E-state index in [9.17, 15) is 9.50 Å². The van der Waals surface area contributed by atoms with Crippen LogP contribution in [0.3, 0.4) is 0 Å². The largest absolute Gasteiger partial charge is 0.507 e. The summed E-state index contributed by atoms with van der Waals surface area (Å²) in [6.45, 7) is 5.95. The molecule has 1 atom stereocenters. The van der Waals surface area contributed by atoms with Crippen molar-refractivity contribution in [3.05, 3.63) is 81.9 Å². The molecule has 0 radical (unpaired) electrons. The van der Waals surface area contributed by atoms with Crippen molar-refractivity contribution >= 4 is 17.0 Å². The van der Waals surface area contributed by atoms with E-state index in [1.54, 1.807) is 34.2 Å². The highest BCUT2D eigenvalue weighted by Crippen LogP contribution is 2.37. The number of hydrogen-bond donors (Lipinski definition) is 2. The standard InChI is InChI=1S/C24H22FN5OS/c1-13-4-9-22(31)18(10-13)20-11-21(28-27-20)19-12-30(17-7-5-16(25)6-8-17)29-23(19)24-14(2)26-15(3)32-24/h4-10,12,21,28,31H,11H2,1-3H3. The fourth-order valence-electron chi connectivity index (χ4n) is 3.97. The summed E-state index contributed by atoms with van der Waals surface area (Å²) in [6, 6.07) is 11.7. The number of hydrogen-bond acceptors (Lipinski definition) is 6. The minimum Gasteiger partial charge on any atom is -0.507 e. The Labute approximate surface area is 189 Å². The maximum absolute atomic E-state index is 13.4. The zero-order valence-electron chi connectivity index (χ0n) is 17.9. The number of nitrogens with one attached hydrogen (secondary N) is 1. The molecule has 162 valence electrons. The number of nitrogens with zero attached hydrogens (tertiary/aromatic N) is 4. The van der Waals surface area contributed by atoms with Crippen LogP contribution in [0.25, 0.3) is 16.3 Å². The number of benzene rings is 2. The average molecular weight is 448 g/mol. The topological polar surface area (TPSA) is 75.3 Å². The smallest absolute Gasteiger partial charge is 0.124 e. The number of hydrazone groups is 1. The Morgan fingerprint density at radius 3 is 2.62 bits per heavy atom. The summed E-state index contributed by atoms with van der Waals surface area (Å²) < 4.78 is 15.2.